The van der Waals surface area contributed by atoms with Gasteiger partial charge in [-0.25, -0.2) is 10.4 Å². The van der Waals surface area contributed by atoms with Crippen molar-refractivity contribution in [1.29, 1.82) is 0 Å². The molecule has 10 nitrogen and oxygen atoms in total. The Labute approximate surface area is 281 Å². The van der Waals surface area contributed by atoms with E-state index in [2.05, 4.69) is 25.7 Å². The highest BCUT2D eigenvalue weighted by Crippen LogP contribution is 2.30. The van der Waals surface area contributed by atoms with E-state index >= 15 is 0 Å². The highest BCUT2D eigenvalue weighted by molar-refractivity contribution is 6.33. The van der Waals surface area contributed by atoms with Gasteiger partial charge >= 0.3 is 0 Å². The van der Waals surface area contributed by atoms with Gasteiger partial charge in [0, 0.05) is 33.8 Å². The molecular weight excluding hydrogens is 614 g/mol. The number of nitrogens with one attached hydrogen (secondary N) is 2. The molecular formula is C39H29N7O3. The van der Waals surface area contributed by atoms with Gasteiger partial charge in [-0.3, -0.25) is 14.5 Å². The second-order valence-corrected chi connectivity index (χ2v) is 11.2. The van der Waals surface area contributed by atoms with Gasteiger partial charge in [0.25, 0.3) is 11.8 Å². The van der Waals surface area contributed by atoms with Crippen molar-refractivity contribution in [2.24, 2.45) is 20.3 Å². The number of H-pyrrole nitrogens is 1. The number of aliphatic imine (C=N–C) groups is 1. The van der Waals surface area contributed by atoms with Crippen molar-refractivity contribution in [3.63, 3.8) is 0 Å². The number of benzene rings is 5. The number of nitrogens with zero attached hydrogens (tertiary/aromatic N) is 5. The number of carbonyl (C=O) groups excluding carboxylic acids is 2. The zero-order valence-corrected chi connectivity index (χ0v) is 26.3. The van der Waals surface area contributed by atoms with Crippen molar-refractivity contribution >= 4 is 51.8 Å². The maximum Gasteiger partial charge on any atom is 0.282 e. The summed E-state index contributed by atoms with van der Waals surface area (Å²) < 4.78 is 0. The number of amides is 2. The number of amidine groups is 2. The summed E-state index contributed by atoms with van der Waals surface area (Å²) in [6.07, 6.45) is 3.64. The molecule has 2 amide bonds. The smallest absolute Gasteiger partial charge is 0.282 e. The number of hydrogen-bond acceptors (Lipinski definition) is 6. The average Bonchev–Trinajstić information content (AvgIpc) is 3.70. The number of phenols is 1. The summed E-state index contributed by atoms with van der Waals surface area (Å²) in [5.74, 6) is -0.377. The minimum absolute atomic E-state index is 0.0206. The van der Waals surface area contributed by atoms with Crippen LogP contribution in [0.3, 0.4) is 0 Å². The van der Waals surface area contributed by atoms with Crippen LogP contribution < -0.4 is 10.3 Å². The van der Waals surface area contributed by atoms with Crippen LogP contribution in [-0.2, 0) is 4.79 Å². The molecule has 0 radical (unpaired) electrons. The zero-order chi connectivity index (χ0) is 33.7. The molecule has 0 saturated carbocycles. The van der Waals surface area contributed by atoms with Gasteiger partial charge in [-0.05, 0) is 67.1 Å². The van der Waals surface area contributed by atoms with E-state index in [-0.39, 0.29) is 23.2 Å². The Morgan fingerprint density at radius 1 is 0.857 bits per heavy atom. The number of azo groups is 1. The maximum atomic E-state index is 13.9. The van der Waals surface area contributed by atoms with Crippen LogP contribution in [0.15, 0.2) is 160 Å². The largest absolute Gasteiger partial charge is 0.507 e. The summed E-state index contributed by atoms with van der Waals surface area (Å²) in [6.45, 7) is 1.90. The van der Waals surface area contributed by atoms with Gasteiger partial charge in [-0.15, -0.1) is 15.3 Å². The fraction of sp³-hybridized carbons (Fsp3) is 0.0256. The Balaban J connectivity index is 1.16. The number of para-hydroxylation sites is 2. The SMILES string of the molecule is Cc1ccccc1N=N/C(=N/NC(=O)c1ccc(N2C(=O)/C(=C\c3c[nH]c4ccccc34)N=C2c2ccccc2)cc1)c1ccccc1O. The van der Waals surface area contributed by atoms with Gasteiger partial charge in [-0.2, -0.15) is 0 Å². The molecule has 3 N–H and O–H groups in total. The molecule has 238 valence electrons. The molecule has 6 aromatic rings. The topological polar surface area (TPSA) is 135 Å². The van der Waals surface area contributed by atoms with Crippen LogP contribution >= 0.6 is 0 Å². The molecule has 0 saturated heterocycles. The predicted molar refractivity (Wildman–Crippen MR) is 191 cm³/mol. The third kappa shape index (κ3) is 6.38. The van der Waals surface area contributed by atoms with Gasteiger partial charge < -0.3 is 10.1 Å². The number of rotatable bonds is 7. The summed E-state index contributed by atoms with van der Waals surface area (Å²) in [5, 5.41) is 24.2. The lowest BCUT2D eigenvalue weighted by Crippen LogP contribution is -2.32. The van der Waals surface area contributed by atoms with Gasteiger partial charge in [-0.1, -0.05) is 78.9 Å². The van der Waals surface area contributed by atoms with Gasteiger partial charge in [0.2, 0.25) is 5.84 Å². The molecule has 1 aliphatic heterocycles. The fourth-order valence-electron chi connectivity index (χ4n) is 5.40. The summed E-state index contributed by atoms with van der Waals surface area (Å²) >= 11 is 0. The van der Waals surface area contributed by atoms with Gasteiger partial charge in [0.1, 0.15) is 17.3 Å². The summed E-state index contributed by atoms with van der Waals surface area (Å²) in [5.41, 5.74) is 8.06. The third-order valence-corrected chi connectivity index (χ3v) is 7.97. The Kier molecular flexibility index (Phi) is 8.41. The van der Waals surface area contributed by atoms with Crippen LogP contribution in [-0.4, -0.2) is 33.6 Å². The van der Waals surface area contributed by atoms with E-state index in [1.54, 1.807) is 48.5 Å². The van der Waals surface area contributed by atoms with Crippen LogP contribution in [0.1, 0.15) is 32.6 Å². The van der Waals surface area contributed by atoms with Crippen molar-refractivity contribution in [2.45, 2.75) is 6.92 Å². The van der Waals surface area contributed by atoms with E-state index in [1.165, 1.54) is 11.0 Å². The number of aryl methyl sites for hydroxylation is 1. The van der Waals surface area contributed by atoms with E-state index in [9.17, 15) is 14.7 Å². The lowest BCUT2D eigenvalue weighted by Gasteiger charge is -2.18. The monoisotopic (exact) mass is 643 g/mol. The zero-order valence-electron chi connectivity index (χ0n) is 26.3. The van der Waals surface area contributed by atoms with E-state index < -0.39 is 5.91 Å². The van der Waals surface area contributed by atoms with Crippen molar-refractivity contribution < 1.29 is 14.7 Å². The second-order valence-electron chi connectivity index (χ2n) is 11.2. The summed E-state index contributed by atoms with van der Waals surface area (Å²) in [6, 6.07) is 37.9. The molecule has 0 fully saturated rings. The average molecular weight is 644 g/mol. The number of carbonyl (C=O) groups is 2. The van der Waals surface area contributed by atoms with Crippen LogP contribution in [0.25, 0.3) is 17.0 Å². The van der Waals surface area contributed by atoms with Crippen molar-refractivity contribution in [2.75, 3.05) is 4.90 Å². The molecule has 10 heteroatoms. The lowest BCUT2D eigenvalue weighted by atomic mass is 10.1. The molecule has 1 aliphatic rings. The number of aromatic hydroxyl groups is 1. The van der Waals surface area contributed by atoms with Crippen molar-refractivity contribution in [1.82, 2.24) is 10.4 Å². The minimum Gasteiger partial charge on any atom is -0.507 e. The Morgan fingerprint density at radius 3 is 2.37 bits per heavy atom. The molecule has 1 aromatic heterocycles. The van der Waals surface area contributed by atoms with Crippen LogP contribution in [0.5, 0.6) is 5.75 Å². The quantitative estimate of drug-likeness (QED) is 0.0537. The van der Waals surface area contributed by atoms with Crippen LogP contribution in [0.4, 0.5) is 11.4 Å². The lowest BCUT2D eigenvalue weighted by molar-refractivity contribution is -0.113. The molecule has 0 aliphatic carbocycles. The molecule has 5 aromatic carbocycles. The van der Waals surface area contributed by atoms with E-state index in [0.717, 1.165) is 27.6 Å². The first-order chi connectivity index (χ1) is 24.0. The number of anilines is 1. The normalized spacial score (nSPS) is 14.2. The molecule has 0 spiro atoms. The Bertz CT molecular complexity index is 2320. The number of hydrazone groups is 1. The Morgan fingerprint density at radius 2 is 1.57 bits per heavy atom. The molecule has 0 atom stereocenters. The van der Waals surface area contributed by atoms with Crippen LogP contribution in [0.2, 0.25) is 0 Å². The highest BCUT2D eigenvalue weighted by Gasteiger charge is 2.32. The predicted octanol–water partition coefficient (Wildman–Crippen LogP) is 7.89. The fourth-order valence-corrected chi connectivity index (χ4v) is 5.40. The van der Waals surface area contributed by atoms with E-state index in [0.29, 0.717) is 28.3 Å². The highest BCUT2D eigenvalue weighted by atomic mass is 16.3. The molecule has 2 heterocycles. The van der Waals surface area contributed by atoms with E-state index in [1.807, 2.05) is 92.0 Å². The number of hydrogen-bond donors (Lipinski definition) is 3. The summed E-state index contributed by atoms with van der Waals surface area (Å²) in [7, 11) is 0. The maximum absolute atomic E-state index is 13.9. The van der Waals surface area contributed by atoms with Gasteiger partial charge in [0.05, 0.1) is 16.9 Å². The number of phenolic OH excluding ortho intramolecular Hbond substituents is 1. The third-order valence-electron chi connectivity index (χ3n) is 7.97. The summed E-state index contributed by atoms with van der Waals surface area (Å²) in [4.78, 5) is 36.7. The molecule has 49 heavy (non-hydrogen) atoms. The van der Waals surface area contributed by atoms with E-state index in [4.69, 9.17) is 4.99 Å². The van der Waals surface area contributed by atoms with Crippen molar-refractivity contribution in [3.8, 4) is 5.75 Å². The first kappa shape index (κ1) is 30.7. The standard InChI is InChI=1S/C39H29N7O3/c1-25-11-5-8-16-32(25)42-43-36(31-15-7-10-18-35(31)47)44-45-38(48)27-19-21-29(22-20-27)46-37(26-12-3-2-4-13-26)41-34(39(46)49)23-28-24-40-33-17-9-6-14-30(28)33/h2-24,40,47H,1H3,(H,45,48)/b34-23+,43-42?,44-36+. The minimum atomic E-state index is -0.518. The Hall–Kier alpha value is -6.94. The molecule has 0 bridgehead atoms. The number of aromatic nitrogens is 1. The molecule has 7 rings (SSSR count). The first-order valence-electron chi connectivity index (χ1n) is 15.5. The number of aromatic amines is 1. The van der Waals surface area contributed by atoms with Crippen molar-refractivity contribution in [3.05, 3.63) is 167 Å². The van der Waals surface area contributed by atoms with Crippen LogP contribution in [0, 0.1) is 6.92 Å². The second kappa shape index (κ2) is 13.4. The van der Waals surface area contributed by atoms with Gasteiger partial charge in [0.15, 0.2) is 0 Å². The molecule has 0 unspecified atom stereocenters. The first-order valence-corrected chi connectivity index (χ1v) is 15.5. The number of fused-ring (bicyclic) bond motifs is 1.